The van der Waals surface area contributed by atoms with E-state index in [1.54, 1.807) is 0 Å². The molecule has 1 atom stereocenters. The third kappa shape index (κ3) is 6.70. The van der Waals surface area contributed by atoms with Crippen molar-refractivity contribution >= 4 is 5.57 Å². The van der Waals surface area contributed by atoms with Gasteiger partial charge in [0.05, 0.1) is 6.61 Å². The average molecular weight is 390 g/mol. The third-order valence-electron chi connectivity index (χ3n) is 4.16. The van der Waals surface area contributed by atoms with Crippen LogP contribution in [0.3, 0.4) is 0 Å². The highest BCUT2D eigenvalue weighted by Crippen LogP contribution is 2.23. The molecule has 29 heavy (non-hydrogen) atoms. The summed E-state index contributed by atoms with van der Waals surface area (Å²) in [7, 11) is 0. The number of benzene rings is 3. The summed E-state index contributed by atoms with van der Waals surface area (Å²) in [6.07, 6.45) is -0.365. The van der Waals surface area contributed by atoms with Gasteiger partial charge in [0.2, 0.25) is 0 Å². The van der Waals surface area contributed by atoms with Crippen LogP contribution in [0.15, 0.2) is 85.4 Å². The van der Waals surface area contributed by atoms with Gasteiger partial charge in [-0.3, -0.25) is 0 Å². The quantitative estimate of drug-likeness (QED) is 0.299. The van der Waals surface area contributed by atoms with Crippen LogP contribution in [0.2, 0.25) is 0 Å². The monoisotopic (exact) mass is 390 g/mol. The van der Waals surface area contributed by atoms with E-state index in [-0.39, 0.29) is 6.29 Å². The van der Waals surface area contributed by atoms with E-state index in [2.05, 4.69) is 6.58 Å². The van der Waals surface area contributed by atoms with Crippen LogP contribution in [-0.4, -0.2) is 19.5 Å². The van der Waals surface area contributed by atoms with Crippen molar-refractivity contribution in [3.8, 4) is 23.0 Å². The Morgan fingerprint density at radius 2 is 1.34 bits per heavy atom. The fraction of sp³-hybridized carbons (Fsp3) is 0.200. The molecule has 1 unspecified atom stereocenters. The van der Waals surface area contributed by atoms with E-state index in [1.807, 2.05) is 92.7 Å². The molecule has 0 fully saturated rings. The molecule has 0 bridgehead atoms. The molecule has 0 aromatic heterocycles. The van der Waals surface area contributed by atoms with Crippen molar-refractivity contribution in [1.29, 1.82) is 0 Å². The summed E-state index contributed by atoms with van der Waals surface area (Å²) in [5.41, 5.74) is 2.12. The minimum Gasteiger partial charge on any atom is -0.491 e. The summed E-state index contributed by atoms with van der Waals surface area (Å²) >= 11 is 0. The molecule has 0 saturated carbocycles. The van der Waals surface area contributed by atoms with Crippen molar-refractivity contribution in [2.24, 2.45) is 0 Å². The van der Waals surface area contributed by atoms with Crippen molar-refractivity contribution in [3.05, 3.63) is 91.0 Å². The van der Waals surface area contributed by atoms with Crippen molar-refractivity contribution in [2.45, 2.75) is 20.1 Å². The van der Waals surface area contributed by atoms with Gasteiger partial charge in [-0.05, 0) is 67.9 Å². The normalized spacial score (nSPS) is 11.5. The molecule has 0 heterocycles. The van der Waals surface area contributed by atoms with Crippen molar-refractivity contribution in [1.82, 2.24) is 0 Å². The Labute approximate surface area is 172 Å². The Balaban J connectivity index is 1.37. The highest BCUT2D eigenvalue weighted by atomic mass is 16.7. The van der Waals surface area contributed by atoms with Gasteiger partial charge in [-0.1, -0.05) is 42.5 Å². The molecule has 3 aromatic rings. The predicted octanol–water partition coefficient (Wildman–Crippen LogP) is 6.33. The molecule has 0 radical (unpaired) electrons. The zero-order valence-corrected chi connectivity index (χ0v) is 16.8. The first-order valence-corrected chi connectivity index (χ1v) is 9.60. The number of allylic oxidation sites excluding steroid dienone is 1. The smallest absolute Gasteiger partial charge is 0.197 e. The summed E-state index contributed by atoms with van der Waals surface area (Å²) in [4.78, 5) is 0. The minimum atomic E-state index is -0.365. The number of ether oxygens (including phenoxy) is 4. The highest BCUT2D eigenvalue weighted by Gasteiger charge is 2.05. The second-order valence-corrected chi connectivity index (χ2v) is 6.60. The van der Waals surface area contributed by atoms with Gasteiger partial charge in [-0.15, -0.1) is 0 Å². The van der Waals surface area contributed by atoms with Crippen molar-refractivity contribution < 1.29 is 18.9 Å². The minimum absolute atomic E-state index is 0.365. The van der Waals surface area contributed by atoms with Gasteiger partial charge in [0.25, 0.3) is 0 Å². The standard InChI is InChI=1S/C25H26O4/c1-19(2)21-9-11-24(12-10-21)28-20(3)26-17-18-27-22-13-15-25(16-14-22)29-23-7-5-4-6-8-23/h4-16,20H,1,17-18H2,2-3H3. The number of rotatable bonds is 10. The van der Waals surface area contributed by atoms with E-state index in [4.69, 9.17) is 18.9 Å². The molecule has 0 aliphatic carbocycles. The van der Waals surface area contributed by atoms with Gasteiger partial charge < -0.3 is 18.9 Å². The molecular weight excluding hydrogens is 364 g/mol. The summed E-state index contributed by atoms with van der Waals surface area (Å²) < 4.78 is 22.9. The summed E-state index contributed by atoms with van der Waals surface area (Å²) in [5.74, 6) is 3.09. The lowest BCUT2D eigenvalue weighted by Gasteiger charge is -2.16. The van der Waals surface area contributed by atoms with E-state index in [9.17, 15) is 0 Å². The summed E-state index contributed by atoms with van der Waals surface area (Å²) in [6.45, 7) is 8.62. The van der Waals surface area contributed by atoms with Crippen molar-refractivity contribution in [3.63, 3.8) is 0 Å². The largest absolute Gasteiger partial charge is 0.491 e. The van der Waals surface area contributed by atoms with Gasteiger partial charge in [0.15, 0.2) is 6.29 Å². The molecule has 0 aliphatic rings. The number of hydrogen-bond acceptors (Lipinski definition) is 4. The average Bonchev–Trinajstić information content (AvgIpc) is 2.73. The van der Waals surface area contributed by atoms with Crippen molar-refractivity contribution in [2.75, 3.05) is 13.2 Å². The Kier molecular flexibility index (Phi) is 7.31. The molecule has 0 aliphatic heterocycles. The fourth-order valence-electron chi connectivity index (χ4n) is 2.65. The zero-order chi connectivity index (χ0) is 20.5. The van der Waals surface area contributed by atoms with Crippen LogP contribution in [0, 0.1) is 0 Å². The first-order chi connectivity index (χ1) is 14.1. The fourth-order valence-corrected chi connectivity index (χ4v) is 2.65. The van der Waals surface area contributed by atoms with Gasteiger partial charge >= 0.3 is 0 Å². The molecule has 150 valence electrons. The lowest BCUT2D eigenvalue weighted by atomic mass is 10.1. The molecule has 3 aromatic carbocycles. The topological polar surface area (TPSA) is 36.9 Å². The third-order valence-corrected chi connectivity index (χ3v) is 4.16. The van der Waals surface area contributed by atoms with Crippen LogP contribution >= 0.6 is 0 Å². The van der Waals surface area contributed by atoms with Crippen LogP contribution < -0.4 is 14.2 Å². The Bertz CT molecular complexity index is 886. The Hall–Kier alpha value is -3.24. The molecule has 4 heteroatoms. The molecule has 0 amide bonds. The van der Waals surface area contributed by atoms with Gasteiger partial charge in [-0.25, -0.2) is 0 Å². The van der Waals surface area contributed by atoms with E-state index in [1.165, 1.54) is 0 Å². The maximum atomic E-state index is 5.77. The maximum absolute atomic E-state index is 5.77. The zero-order valence-electron chi connectivity index (χ0n) is 16.8. The van der Waals surface area contributed by atoms with Gasteiger partial charge in [0.1, 0.15) is 29.6 Å². The molecular formula is C25H26O4. The number of hydrogen-bond donors (Lipinski definition) is 0. The molecule has 3 rings (SSSR count). The van der Waals surface area contributed by atoms with E-state index in [0.29, 0.717) is 13.2 Å². The molecule has 0 spiro atoms. The van der Waals surface area contributed by atoms with Crippen LogP contribution in [0.25, 0.3) is 5.57 Å². The van der Waals surface area contributed by atoms with Gasteiger partial charge in [0, 0.05) is 0 Å². The lowest BCUT2D eigenvalue weighted by Crippen LogP contribution is -2.19. The van der Waals surface area contributed by atoms with E-state index < -0.39 is 0 Å². The summed E-state index contributed by atoms with van der Waals surface area (Å²) in [5, 5.41) is 0. The van der Waals surface area contributed by atoms with Crippen LogP contribution in [-0.2, 0) is 4.74 Å². The van der Waals surface area contributed by atoms with Crippen LogP contribution in [0.5, 0.6) is 23.0 Å². The first kappa shape index (κ1) is 20.5. The maximum Gasteiger partial charge on any atom is 0.197 e. The second-order valence-electron chi connectivity index (χ2n) is 6.60. The predicted molar refractivity (Wildman–Crippen MR) is 116 cm³/mol. The molecule has 0 N–H and O–H groups in total. The van der Waals surface area contributed by atoms with Crippen LogP contribution in [0.4, 0.5) is 0 Å². The van der Waals surface area contributed by atoms with Crippen LogP contribution in [0.1, 0.15) is 19.4 Å². The Morgan fingerprint density at radius 1 is 0.759 bits per heavy atom. The van der Waals surface area contributed by atoms with E-state index in [0.717, 1.165) is 34.1 Å². The SMILES string of the molecule is C=C(C)c1ccc(OC(C)OCCOc2ccc(Oc3ccccc3)cc2)cc1. The highest BCUT2D eigenvalue weighted by molar-refractivity contribution is 5.61. The molecule has 4 nitrogen and oxygen atoms in total. The Morgan fingerprint density at radius 3 is 2.00 bits per heavy atom. The number of para-hydroxylation sites is 1. The first-order valence-electron chi connectivity index (χ1n) is 9.60. The van der Waals surface area contributed by atoms with E-state index >= 15 is 0 Å². The summed E-state index contributed by atoms with van der Waals surface area (Å²) in [6, 6.07) is 25.0. The molecule has 0 saturated heterocycles. The lowest BCUT2D eigenvalue weighted by molar-refractivity contribution is -0.0739. The second kappa shape index (κ2) is 10.3. The van der Waals surface area contributed by atoms with Gasteiger partial charge in [-0.2, -0.15) is 0 Å².